The van der Waals surface area contributed by atoms with Crippen molar-refractivity contribution in [1.29, 1.82) is 0 Å². The zero-order valence-corrected chi connectivity index (χ0v) is 17.0. The Morgan fingerprint density at radius 3 is 2.54 bits per heavy atom. The minimum Gasteiger partial charge on any atom is -0.285 e. The molecule has 0 radical (unpaired) electrons. The van der Waals surface area contributed by atoms with Gasteiger partial charge >= 0.3 is 0 Å². The molecule has 2 aliphatic rings. The molecule has 0 spiro atoms. The van der Waals surface area contributed by atoms with Crippen LogP contribution < -0.4 is 21.3 Å². The molecule has 26 heavy (non-hydrogen) atoms. The van der Waals surface area contributed by atoms with Gasteiger partial charge in [0.2, 0.25) is 6.71 Å². The molecule has 0 saturated heterocycles. The molecule has 5 heteroatoms. The molecule has 3 aromatic heterocycles. The Hall–Kier alpha value is -1.82. The van der Waals surface area contributed by atoms with Crippen LogP contribution in [0.5, 0.6) is 0 Å². The molecule has 126 valence electrons. The van der Waals surface area contributed by atoms with E-state index in [9.17, 15) is 0 Å². The van der Waals surface area contributed by atoms with Crippen LogP contribution in [0.3, 0.4) is 0 Å². The largest absolute Gasteiger partial charge is 0.285 e. The molecule has 0 unspecified atom stereocenters. The fourth-order valence-corrected chi connectivity index (χ4v) is 7.81. The number of rotatable bonds is 1. The van der Waals surface area contributed by atoms with Crippen molar-refractivity contribution in [3.63, 3.8) is 0 Å². The Morgan fingerprint density at radius 2 is 1.69 bits per heavy atom. The molecule has 1 nitrogen and oxygen atoms in total. The van der Waals surface area contributed by atoms with Gasteiger partial charge in [-0.3, -0.25) is 4.90 Å². The van der Waals surface area contributed by atoms with E-state index in [0.29, 0.717) is 6.71 Å². The van der Waals surface area contributed by atoms with E-state index in [1.807, 2.05) is 34.0 Å². The third-order valence-corrected chi connectivity index (χ3v) is 8.58. The molecular formula is C21H16BNS3. The Morgan fingerprint density at radius 1 is 0.808 bits per heavy atom. The second-order valence-electron chi connectivity index (χ2n) is 7.48. The first-order valence-corrected chi connectivity index (χ1v) is 11.4. The highest BCUT2D eigenvalue weighted by Gasteiger charge is 2.47. The third kappa shape index (κ3) is 1.76. The van der Waals surface area contributed by atoms with Gasteiger partial charge in [0, 0.05) is 5.41 Å². The summed E-state index contributed by atoms with van der Waals surface area (Å²) in [6.07, 6.45) is 0. The summed E-state index contributed by atoms with van der Waals surface area (Å²) >= 11 is 5.59. The molecule has 2 aliphatic heterocycles. The van der Waals surface area contributed by atoms with E-state index in [1.165, 1.54) is 42.5 Å². The standard InChI is InChI=1S/C21H16BNS3/c1-21(2)13-6-3-4-7-15(13)22-16-9-11-25-19(16)23(17-8-5-10-24-17)20-18(22)14(21)12-26-20/h3-12H,1-2H3. The SMILES string of the molecule is CC1(C)c2ccccc2B2c3ccsc3N(c3cccs3)c3scc1c32. The molecule has 0 atom stereocenters. The van der Waals surface area contributed by atoms with E-state index in [1.54, 1.807) is 0 Å². The van der Waals surface area contributed by atoms with E-state index >= 15 is 0 Å². The van der Waals surface area contributed by atoms with Crippen LogP contribution in [0.2, 0.25) is 0 Å². The summed E-state index contributed by atoms with van der Waals surface area (Å²) in [5.41, 5.74) is 7.49. The highest BCUT2D eigenvalue weighted by molar-refractivity contribution is 7.24. The van der Waals surface area contributed by atoms with Gasteiger partial charge in [0.15, 0.2) is 0 Å². The van der Waals surface area contributed by atoms with Crippen LogP contribution in [-0.2, 0) is 5.41 Å². The molecule has 0 fully saturated rings. The maximum Gasteiger partial charge on any atom is 0.249 e. The number of thiophene rings is 3. The van der Waals surface area contributed by atoms with Crippen LogP contribution in [0.1, 0.15) is 25.0 Å². The first kappa shape index (κ1) is 15.3. The Kier molecular flexibility index (Phi) is 3.01. The predicted octanol–water partition coefficient (Wildman–Crippen LogP) is 4.81. The van der Waals surface area contributed by atoms with E-state index in [-0.39, 0.29) is 5.41 Å². The molecule has 0 bridgehead atoms. The summed E-state index contributed by atoms with van der Waals surface area (Å²) < 4.78 is 0. The number of hydrogen-bond acceptors (Lipinski definition) is 4. The van der Waals surface area contributed by atoms with Gasteiger partial charge in [0.05, 0.1) is 10.0 Å². The maximum atomic E-state index is 2.49. The van der Waals surface area contributed by atoms with E-state index in [4.69, 9.17) is 0 Å². The quantitative estimate of drug-likeness (QED) is 0.372. The summed E-state index contributed by atoms with van der Waals surface area (Å²) in [6, 6.07) is 15.8. The molecule has 4 aromatic rings. The van der Waals surface area contributed by atoms with Gasteiger partial charge in [-0.05, 0) is 50.3 Å². The highest BCUT2D eigenvalue weighted by atomic mass is 32.1. The van der Waals surface area contributed by atoms with E-state index in [2.05, 4.69) is 77.4 Å². The van der Waals surface area contributed by atoms with Crippen LogP contribution in [0.15, 0.2) is 58.6 Å². The lowest BCUT2D eigenvalue weighted by atomic mass is 9.31. The summed E-state index contributed by atoms with van der Waals surface area (Å²) in [7, 11) is 0. The van der Waals surface area contributed by atoms with Crippen molar-refractivity contribution < 1.29 is 0 Å². The lowest BCUT2D eigenvalue weighted by Crippen LogP contribution is -2.62. The summed E-state index contributed by atoms with van der Waals surface area (Å²) in [5, 5.41) is 10.9. The monoisotopic (exact) mass is 389 g/mol. The Labute approximate surface area is 165 Å². The van der Waals surface area contributed by atoms with Crippen LogP contribution in [-0.4, -0.2) is 6.71 Å². The lowest BCUT2D eigenvalue weighted by Gasteiger charge is -2.40. The van der Waals surface area contributed by atoms with Crippen LogP contribution in [0.4, 0.5) is 15.0 Å². The molecular weight excluding hydrogens is 373 g/mol. The van der Waals surface area contributed by atoms with Gasteiger partial charge in [-0.25, -0.2) is 0 Å². The van der Waals surface area contributed by atoms with Gasteiger partial charge < -0.3 is 0 Å². The van der Waals surface area contributed by atoms with Crippen molar-refractivity contribution >= 4 is 72.1 Å². The van der Waals surface area contributed by atoms with E-state index in [0.717, 1.165) is 0 Å². The smallest absolute Gasteiger partial charge is 0.249 e. The highest BCUT2D eigenvalue weighted by Crippen LogP contribution is 2.47. The number of nitrogens with zero attached hydrogens (tertiary/aromatic N) is 1. The molecule has 0 N–H and O–H groups in total. The van der Waals surface area contributed by atoms with Gasteiger partial charge in [0.1, 0.15) is 5.00 Å². The number of benzene rings is 1. The zero-order chi connectivity index (χ0) is 17.5. The average Bonchev–Trinajstić information content (AvgIpc) is 3.39. The summed E-state index contributed by atoms with van der Waals surface area (Å²) in [6.45, 7) is 5.12. The molecule has 6 rings (SSSR count). The van der Waals surface area contributed by atoms with Gasteiger partial charge in [-0.2, -0.15) is 0 Å². The van der Waals surface area contributed by atoms with Crippen molar-refractivity contribution in [2.45, 2.75) is 19.3 Å². The van der Waals surface area contributed by atoms with Gasteiger partial charge in [-0.15, -0.1) is 34.0 Å². The van der Waals surface area contributed by atoms with Gasteiger partial charge in [0.25, 0.3) is 0 Å². The second kappa shape index (κ2) is 5.13. The fraction of sp³-hybridized carbons (Fsp3) is 0.143. The van der Waals surface area contributed by atoms with Crippen molar-refractivity contribution in [3.8, 4) is 0 Å². The second-order valence-corrected chi connectivity index (χ2v) is 10.2. The molecule has 1 aromatic carbocycles. The first-order chi connectivity index (χ1) is 12.7. The maximum absolute atomic E-state index is 2.49. The first-order valence-electron chi connectivity index (χ1n) is 8.80. The van der Waals surface area contributed by atoms with Crippen LogP contribution in [0.25, 0.3) is 0 Å². The predicted molar refractivity (Wildman–Crippen MR) is 118 cm³/mol. The van der Waals surface area contributed by atoms with Crippen LogP contribution in [0, 0.1) is 0 Å². The molecule has 0 amide bonds. The molecule has 0 aliphatic carbocycles. The Bertz CT molecular complexity index is 1140. The zero-order valence-electron chi connectivity index (χ0n) is 14.5. The van der Waals surface area contributed by atoms with Gasteiger partial charge in [-0.1, -0.05) is 49.6 Å². The third-order valence-electron chi connectivity index (χ3n) is 5.83. The summed E-state index contributed by atoms with van der Waals surface area (Å²) in [5.74, 6) is 0. The van der Waals surface area contributed by atoms with Crippen molar-refractivity contribution in [2.75, 3.05) is 4.90 Å². The van der Waals surface area contributed by atoms with Crippen LogP contribution >= 0.6 is 34.0 Å². The number of hydrogen-bond donors (Lipinski definition) is 0. The van der Waals surface area contributed by atoms with E-state index < -0.39 is 0 Å². The number of anilines is 3. The number of fused-ring (bicyclic) bond motifs is 4. The average molecular weight is 389 g/mol. The minimum atomic E-state index is 0.0474. The Balaban J connectivity index is 1.72. The summed E-state index contributed by atoms with van der Waals surface area (Å²) in [4.78, 5) is 2.49. The normalized spacial score (nSPS) is 16.2. The molecule has 0 saturated carbocycles. The van der Waals surface area contributed by atoms with Crippen molar-refractivity contribution in [2.24, 2.45) is 0 Å². The fourth-order valence-electron chi connectivity index (χ4n) is 4.64. The van der Waals surface area contributed by atoms with Crippen molar-refractivity contribution in [3.05, 3.63) is 69.7 Å². The topological polar surface area (TPSA) is 3.24 Å². The molecule has 5 heterocycles. The van der Waals surface area contributed by atoms with Crippen molar-refractivity contribution in [1.82, 2.24) is 0 Å². The minimum absolute atomic E-state index is 0.0474. The lowest BCUT2D eigenvalue weighted by molar-refractivity contribution is 0.648.